The van der Waals surface area contributed by atoms with E-state index in [0.717, 1.165) is 16.5 Å². The Labute approximate surface area is 132 Å². The van der Waals surface area contributed by atoms with Gasteiger partial charge in [-0.2, -0.15) is 0 Å². The molecule has 3 aromatic rings. The molecule has 0 unspecified atom stereocenters. The molecule has 5 heteroatoms. The van der Waals surface area contributed by atoms with Gasteiger partial charge in [-0.15, -0.1) is 0 Å². The zero-order valence-corrected chi connectivity index (χ0v) is 12.5. The van der Waals surface area contributed by atoms with Crippen LogP contribution in [-0.2, 0) is 6.54 Å². The molecule has 0 aliphatic heterocycles. The molecule has 0 aliphatic rings. The second kappa shape index (κ2) is 5.90. The first kappa shape index (κ1) is 14.1. The molecule has 0 fully saturated rings. The van der Waals surface area contributed by atoms with Crippen molar-refractivity contribution in [1.29, 1.82) is 0 Å². The summed E-state index contributed by atoms with van der Waals surface area (Å²) in [5.41, 5.74) is 7.43. The van der Waals surface area contributed by atoms with Gasteiger partial charge in [0.2, 0.25) is 5.88 Å². The standard InChI is InChI=1S/C16H12Cl2N2O/c17-12-5-3-7-14(15(12)18)21-16-11(9-19)8-10-4-1-2-6-13(10)20-16/h1-8H,9,19H2. The Morgan fingerprint density at radius 1 is 1.05 bits per heavy atom. The molecular weight excluding hydrogens is 307 g/mol. The van der Waals surface area contributed by atoms with Crippen LogP contribution in [0.5, 0.6) is 11.6 Å². The fourth-order valence-electron chi connectivity index (χ4n) is 2.04. The Morgan fingerprint density at radius 2 is 1.86 bits per heavy atom. The molecule has 0 amide bonds. The van der Waals surface area contributed by atoms with Gasteiger partial charge in [-0.3, -0.25) is 0 Å². The van der Waals surface area contributed by atoms with E-state index in [4.69, 9.17) is 33.7 Å². The van der Waals surface area contributed by atoms with Crippen LogP contribution in [0.4, 0.5) is 0 Å². The number of halogens is 2. The summed E-state index contributed by atoms with van der Waals surface area (Å²) in [6.07, 6.45) is 0. The number of aromatic nitrogens is 1. The molecule has 1 aromatic heterocycles. The summed E-state index contributed by atoms with van der Waals surface area (Å²) in [6.45, 7) is 0.325. The minimum absolute atomic E-state index is 0.325. The second-order valence-electron chi connectivity index (χ2n) is 4.50. The third-order valence-electron chi connectivity index (χ3n) is 3.11. The van der Waals surface area contributed by atoms with Crippen molar-refractivity contribution in [2.45, 2.75) is 6.54 Å². The van der Waals surface area contributed by atoms with Crippen LogP contribution in [-0.4, -0.2) is 4.98 Å². The minimum Gasteiger partial charge on any atom is -0.437 e. The van der Waals surface area contributed by atoms with E-state index in [1.165, 1.54) is 0 Å². The predicted octanol–water partition coefficient (Wildman–Crippen LogP) is 4.79. The van der Waals surface area contributed by atoms with E-state index in [1.807, 2.05) is 30.3 Å². The Balaban J connectivity index is 2.09. The van der Waals surface area contributed by atoms with Crippen molar-refractivity contribution in [2.75, 3.05) is 0 Å². The molecule has 3 rings (SSSR count). The van der Waals surface area contributed by atoms with Crippen LogP contribution in [0.2, 0.25) is 10.0 Å². The van der Waals surface area contributed by atoms with Gasteiger partial charge in [0.1, 0.15) is 10.8 Å². The van der Waals surface area contributed by atoms with Crippen molar-refractivity contribution >= 4 is 34.1 Å². The molecule has 3 nitrogen and oxygen atoms in total. The maximum Gasteiger partial charge on any atom is 0.224 e. The molecule has 2 N–H and O–H groups in total. The van der Waals surface area contributed by atoms with E-state index in [-0.39, 0.29) is 0 Å². The first-order chi connectivity index (χ1) is 10.2. The minimum atomic E-state index is 0.325. The predicted molar refractivity (Wildman–Crippen MR) is 86.2 cm³/mol. The van der Waals surface area contributed by atoms with Gasteiger partial charge in [-0.25, -0.2) is 4.98 Å². The number of benzene rings is 2. The van der Waals surface area contributed by atoms with Crippen LogP contribution in [0.3, 0.4) is 0 Å². The lowest BCUT2D eigenvalue weighted by Crippen LogP contribution is -2.02. The van der Waals surface area contributed by atoms with Gasteiger partial charge in [0.15, 0.2) is 0 Å². The second-order valence-corrected chi connectivity index (χ2v) is 5.29. The maximum absolute atomic E-state index is 6.14. The van der Waals surface area contributed by atoms with Gasteiger partial charge in [0.05, 0.1) is 10.5 Å². The lowest BCUT2D eigenvalue weighted by atomic mass is 10.1. The molecule has 0 aliphatic carbocycles. The number of nitrogens with two attached hydrogens (primary N) is 1. The van der Waals surface area contributed by atoms with Crippen LogP contribution < -0.4 is 10.5 Å². The summed E-state index contributed by atoms with van der Waals surface area (Å²) in [6, 6.07) is 15.0. The van der Waals surface area contributed by atoms with Crippen LogP contribution in [0, 0.1) is 0 Å². The van der Waals surface area contributed by atoms with E-state index in [0.29, 0.717) is 28.2 Å². The smallest absolute Gasteiger partial charge is 0.224 e. The summed E-state index contributed by atoms with van der Waals surface area (Å²) in [4.78, 5) is 4.51. The number of pyridine rings is 1. The summed E-state index contributed by atoms with van der Waals surface area (Å²) >= 11 is 12.1. The Morgan fingerprint density at radius 3 is 2.67 bits per heavy atom. The zero-order chi connectivity index (χ0) is 14.8. The summed E-state index contributed by atoms with van der Waals surface area (Å²) in [5, 5.41) is 1.81. The number of rotatable bonds is 3. The monoisotopic (exact) mass is 318 g/mol. The third kappa shape index (κ3) is 2.81. The highest BCUT2D eigenvalue weighted by Crippen LogP contribution is 2.35. The van der Waals surface area contributed by atoms with E-state index in [1.54, 1.807) is 18.2 Å². The van der Waals surface area contributed by atoms with Crippen molar-refractivity contribution in [3.8, 4) is 11.6 Å². The lowest BCUT2D eigenvalue weighted by Gasteiger charge is -2.12. The average molecular weight is 319 g/mol. The Kier molecular flexibility index (Phi) is 3.97. The van der Waals surface area contributed by atoms with Crippen molar-refractivity contribution in [1.82, 2.24) is 4.98 Å². The molecular formula is C16H12Cl2N2O. The van der Waals surface area contributed by atoms with E-state index in [2.05, 4.69) is 4.98 Å². The molecule has 0 atom stereocenters. The van der Waals surface area contributed by atoms with Crippen LogP contribution >= 0.6 is 23.2 Å². The van der Waals surface area contributed by atoms with E-state index < -0.39 is 0 Å². The number of hydrogen-bond donors (Lipinski definition) is 1. The number of nitrogens with zero attached hydrogens (tertiary/aromatic N) is 1. The van der Waals surface area contributed by atoms with Crippen molar-refractivity contribution in [3.05, 3.63) is 64.1 Å². The molecule has 106 valence electrons. The van der Waals surface area contributed by atoms with Crippen LogP contribution in [0.25, 0.3) is 10.9 Å². The third-order valence-corrected chi connectivity index (χ3v) is 3.91. The zero-order valence-electron chi connectivity index (χ0n) is 11.0. The molecule has 0 saturated heterocycles. The average Bonchev–Trinajstić information content (AvgIpc) is 2.51. The number of para-hydroxylation sites is 1. The molecule has 21 heavy (non-hydrogen) atoms. The van der Waals surface area contributed by atoms with Crippen molar-refractivity contribution < 1.29 is 4.74 Å². The summed E-state index contributed by atoms with van der Waals surface area (Å²) < 4.78 is 5.81. The molecule has 0 saturated carbocycles. The first-order valence-electron chi connectivity index (χ1n) is 6.39. The Bertz CT molecular complexity index is 805. The van der Waals surface area contributed by atoms with Gasteiger partial charge < -0.3 is 10.5 Å². The Hall–Kier alpha value is -1.81. The van der Waals surface area contributed by atoms with Crippen LogP contribution in [0.15, 0.2) is 48.5 Å². The molecule has 0 radical (unpaired) electrons. The number of hydrogen-bond acceptors (Lipinski definition) is 3. The van der Waals surface area contributed by atoms with Gasteiger partial charge in [0, 0.05) is 17.5 Å². The van der Waals surface area contributed by atoms with Gasteiger partial charge in [0.25, 0.3) is 0 Å². The van der Waals surface area contributed by atoms with Crippen molar-refractivity contribution in [3.63, 3.8) is 0 Å². The largest absolute Gasteiger partial charge is 0.437 e. The SMILES string of the molecule is NCc1cc2ccccc2nc1Oc1cccc(Cl)c1Cl. The van der Waals surface area contributed by atoms with Crippen LogP contribution in [0.1, 0.15) is 5.56 Å². The fourth-order valence-corrected chi connectivity index (χ4v) is 2.37. The normalized spacial score (nSPS) is 10.8. The topological polar surface area (TPSA) is 48.1 Å². The van der Waals surface area contributed by atoms with Gasteiger partial charge >= 0.3 is 0 Å². The molecule has 1 heterocycles. The highest BCUT2D eigenvalue weighted by molar-refractivity contribution is 6.42. The van der Waals surface area contributed by atoms with Crippen molar-refractivity contribution in [2.24, 2.45) is 5.73 Å². The van der Waals surface area contributed by atoms with Gasteiger partial charge in [-0.1, -0.05) is 47.5 Å². The number of ether oxygens (including phenoxy) is 1. The lowest BCUT2D eigenvalue weighted by molar-refractivity contribution is 0.459. The van der Waals surface area contributed by atoms with Gasteiger partial charge in [-0.05, 0) is 24.3 Å². The van der Waals surface area contributed by atoms with E-state index in [9.17, 15) is 0 Å². The highest BCUT2D eigenvalue weighted by Gasteiger charge is 2.11. The number of fused-ring (bicyclic) bond motifs is 1. The quantitative estimate of drug-likeness (QED) is 0.755. The molecule has 0 spiro atoms. The summed E-state index contributed by atoms with van der Waals surface area (Å²) in [5.74, 6) is 0.905. The first-order valence-corrected chi connectivity index (χ1v) is 7.15. The highest BCUT2D eigenvalue weighted by atomic mass is 35.5. The summed E-state index contributed by atoms with van der Waals surface area (Å²) in [7, 11) is 0. The van der Waals surface area contributed by atoms with E-state index >= 15 is 0 Å². The fraction of sp³-hybridized carbons (Fsp3) is 0.0625. The molecule has 0 bridgehead atoms. The molecule has 2 aromatic carbocycles. The maximum atomic E-state index is 6.14.